The second kappa shape index (κ2) is 6.84. The average molecular weight is 364 g/mol. The van der Waals surface area contributed by atoms with Crippen LogP contribution in [0.4, 0.5) is 0 Å². The summed E-state index contributed by atoms with van der Waals surface area (Å²) in [6.07, 6.45) is 0. The molecule has 0 saturated carbocycles. The molecule has 1 aromatic heterocycles. The molecule has 1 aromatic carbocycles. The van der Waals surface area contributed by atoms with Gasteiger partial charge < -0.3 is 4.90 Å². The molecule has 0 bridgehead atoms. The first-order valence-corrected chi connectivity index (χ1v) is 7.41. The molecule has 110 valence electrons. The monoisotopic (exact) mass is 362 g/mol. The number of benzene rings is 1. The number of halogens is 4. The van der Waals surface area contributed by atoms with Crippen LogP contribution in [0.1, 0.15) is 16.1 Å². The van der Waals surface area contributed by atoms with E-state index in [0.717, 1.165) is 5.56 Å². The van der Waals surface area contributed by atoms with Crippen molar-refractivity contribution in [3.05, 3.63) is 61.8 Å². The van der Waals surface area contributed by atoms with Crippen LogP contribution in [0.5, 0.6) is 0 Å². The van der Waals surface area contributed by atoms with Crippen LogP contribution in [0, 0.1) is 0 Å². The van der Waals surface area contributed by atoms with Crippen LogP contribution in [-0.4, -0.2) is 22.8 Å². The minimum absolute atomic E-state index is 0.108. The van der Waals surface area contributed by atoms with Crippen molar-refractivity contribution in [3.8, 4) is 0 Å². The van der Waals surface area contributed by atoms with Gasteiger partial charge in [0.2, 0.25) is 0 Å². The quantitative estimate of drug-likeness (QED) is 0.721. The molecule has 0 atom stereocenters. The summed E-state index contributed by atoms with van der Waals surface area (Å²) < 4.78 is 0. The first-order valence-electron chi connectivity index (χ1n) is 5.90. The molecule has 21 heavy (non-hydrogen) atoms. The van der Waals surface area contributed by atoms with Crippen molar-refractivity contribution in [2.75, 3.05) is 7.05 Å². The van der Waals surface area contributed by atoms with E-state index < -0.39 is 0 Å². The third kappa shape index (κ3) is 4.01. The Morgan fingerprint density at radius 1 is 1.10 bits per heavy atom. The van der Waals surface area contributed by atoms with Crippen LogP contribution in [0.25, 0.3) is 0 Å². The van der Waals surface area contributed by atoms with Crippen molar-refractivity contribution in [1.82, 2.24) is 9.88 Å². The lowest BCUT2D eigenvalue weighted by atomic mass is 10.2. The minimum Gasteiger partial charge on any atom is -0.336 e. The lowest BCUT2D eigenvalue weighted by Crippen LogP contribution is -2.27. The maximum Gasteiger partial charge on any atom is 0.274 e. The third-order valence-electron chi connectivity index (χ3n) is 2.78. The van der Waals surface area contributed by atoms with Gasteiger partial charge in [0, 0.05) is 23.6 Å². The number of hydrogen-bond donors (Lipinski definition) is 0. The summed E-state index contributed by atoms with van der Waals surface area (Å²) >= 11 is 23.7. The van der Waals surface area contributed by atoms with E-state index in [1.54, 1.807) is 25.2 Å². The lowest BCUT2D eigenvalue weighted by molar-refractivity contribution is 0.0779. The standard InChI is InChI=1S/C14H10Cl4N2O/c1-20(7-8-2-3-9(15)6-11(8)17)14(21)13-10(16)4-5-12(18)19-13/h2-6H,7H2,1H3. The fourth-order valence-electron chi connectivity index (χ4n) is 1.73. The summed E-state index contributed by atoms with van der Waals surface area (Å²) in [6.45, 7) is 0.305. The number of nitrogens with zero attached hydrogens (tertiary/aromatic N) is 2. The van der Waals surface area contributed by atoms with Gasteiger partial charge in [-0.1, -0.05) is 52.5 Å². The molecule has 0 radical (unpaired) electrons. The van der Waals surface area contributed by atoms with Gasteiger partial charge >= 0.3 is 0 Å². The second-order valence-corrected chi connectivity index (χ2v) is 6.00. The fourth-order valence-corrected chi connectivity index (χ4v) is 2.53. The van der Waals surface area contributed by atoms with Gasteiger partial charge in [-0.15, -0.1) is 0 Å². The topological polar surface area (TPSA) is 33.2 Å². The van der Waals surface area contributed by atoms with Gasteiger partial charge in [-0.05, 0) is 29.8 Å². The van der Waals surface area contributed by atoms with E-state index in [1.165, 1.54) is 17.0 Å². The highest BCUT2D eigenvalue weighted by Gasteiger charge is 2.18. The summed E-state index contributed by atoms with van der Waals surface area (Å²) in [7, 11) is 1.63. The van der Waals surface area contributed by atoms with Gasteiger partial charge in [0.1, 0.15) is 10.8 Å². The van der Waals surface area contributed by atoms with Crippen LogP contribution in [-0.2, 0) is 6.54 Å². The Hall–Kier alpha value is -1.000. The number of pyridine rings is 1. The smallest absolute Gasteiger partial charge is 0.274 e. The van der Waals surface area contributed by atoms with Crippen LogP contribution < -0.4 is 0 Å². The molecule has 0 saturated heterocycles. The van der Waals surface area contributed by atoms with Crippen molar-refractivity contribution in [2.45, 2.75) is 6.54 Å². The van der Waals surface area contributed by atoms with Gasteiger partial charge in [0.15, 0.2) is 0 Å². The molecule has 0 aliphatic heterocycles. The van der Waals surface area contributed by atoms with Gasteiger partial charge in [0.05, 0.1) is 5.02 Å². The summed E-state index contributed by atoms with van der Waals surface area (Å²) in [5.74, 6) is -0.339. The Morgan fingerprint density at radius 3 is 2.48 bits per heavy atom. The Labute approximate surface area is 142 Å². The highest BCUT2D eigenvalue weighted by molar-refractivity contribution is 6.35. The van der Waals surface area contributed by atoms with Crippen molar-refractivity contribution in [1.29, 1.82) is 0 Å². The number of hydrogen-bond acceptors (Lipinski definition) is 2. The normalized spacial score (nSPS) is 10.5. The summed E-state index contributed by atoms with van der Waals surface area (Å²) in [5.41, 5.74) is 0.881. The molecule has 0 aliphatic carbocycles. The fraction of sp³-hybridized carbons (Fsp3) is 0.143. The largest absolute Gasteiger partial charge is 0.336 e. The lowest BCUT2D eigenvalue weighted by Gasteiger charge is -2.18. The zero-order chi connectivity index (χ0) is 15.6. The third-order valence-corrected chi connectivity index (χ3v) is 3.89. The molecular weight excluding hydrogens is 354 g/mol. The van der Waals surface area contributed by atoms with E-state index in [2.05, 4.69) is 4.98 Å². The van der Waals surface area contributed by atoms with Gasteiger partial charge in [-0.2, -0.15) is 0 Å². The van der Waals surface area contributed by atoms with Crippen LogP contribution in [0.2, 0.25) is 20.2 Å². The molecule has 3 nitrogen and oxygen atoms in total. The van der Waals surface area contributed by atoms with E-state index in [1.807, 2.05) is 0 Å². The first kappa shape index (κ1) is 16.4. The predicted molar refractivity (Wildman–Crippen MR) is 86.5 cm³/mol. The zero-order valence-corrected chi connectivity index (χ0v) is 13.9. The summed E-state index contributed by atoms with van der Waals surface area (Å²) in [5, 5.41) is 1.49. The molecule has 0 fully saturated rings. The number of aromatic nitrogens is 1. The number of rotatable bonds is 3. The molecule has 2 aromatic rings. The molecule has 0 unspecified atom stereocenters. The van der Waals surface area contributed by atoms with Crippen LogP contribution in [0.15, 0.2) is 30.3 Å². The number of amides is 1. The van der Waals surface area contributed by atoms with E-state index in [4.69, 9.17) is 46.4 Å². The van der Waals surface area contributed by atoms with E-state index in [-0.39, 0.29) is 21.8 Å². The first-order chi connectivity index (χ1) is 9.88. The average Bonchev–Trinajstić information content (AvgIpc) is 2.43. The molecule has 0 spiro atoms. The molecule has 7 heteroatoms. The SMILES string of the molecule is CN(Cc1ccc(Cl)cc1Cl)C(=O)c1nc(Cl)ccc1Cl. The van der Waals surface area contributed by atoms with E-state index >= 15 is 0 Å². The van der Waals surface area contributed by atoms with Crippen LogP contribution >= 0.6 is 46.4 Å². The van der Waals surface area contributed by atoms with Gasteiger partial charge in [-0.3, -0.25) is 4.79 Å². The maximum absolute atomic E-state index is 12.4. The molecule has 0 N–H and O–H groups in total. The molecular formula is C14H10Cl4N2O. The zero-order valence-electron chi connectivity index (χ0n) is 10.9. The van der Waals surface area contributed by atoms with E-state index in [9.17, 15) is 4.79 Å². The van der Waals surface area contributed by atoms with Crippen molar-refractivity contribution in [3.63, 3.8) is 0 Å². The van der Waals surface area contributed by atoms with Gasteiger partial charge in [-0.25, -0.2) is 4.98 Å². The molecule has 2 rings (SSSR count). The van der Waals surface area contributed by atoms with Crippen LogP contribution in [0.3, 0.4) is 0 Å². The second-order valence-electron chi connectivity index (χ2n) is 4.36. The molecule has 1 amide bonds. The summed E-state index contributed by atoms with van der Waals surface area (Å²) in [6, 6.07) is 8.17. The Bertz CT molecular complexity index is 691. The summed E-state index contributed by atoms with van der Waals surface area (Å²) in [4.78, 5) is 17.8. The van der Waals surface area contributed by atoms with Crippen molar-refractivity contribution < 1.29 is 4.79 Å². The van der Waals surface area contributed by atoms with E-state index in [0.29, 0.717) is 16.6 Å². The van der Waals surface area contributed by atoms with Gasteiger partial charge in [0.25, 0.3) is 5.91 Å². The predicted octanol–water partition coefficient (Wildman–Crippen LogP) is 4.97. The highest BCUT2D eigenvalue weighted by Crippen LogP contribution is 2.23. The maximum atomic E-state index is 12.4. The highest BCUT2D eigenvalue weighted by atomic mass is 35.5. The molecule has 1 heterocycles. The Kier molecular flexibility index (Phi) is 5.33. The number of carbonyl (C=O) groups excluding carboxylic acids is 1. The van der Waals surface area contributed by atoms with Crippen molar-refractivity contribution in [2.24, 2.45) is 0 Å². The Morgan fingerprint density at radius 2 is 1.81 bits per heavy atom. The Balaban J connectivity index is 2.21. The van der Waals surface area contributed by atoms with Crippen molar-refractivity contribution >= 4 is 52.3 Å². The number of carbonyl (C=O) groups is 1. The molecule has 0 aliphatic rings. The minimum atomic E-state index is -0.339.